The van der Waals surface area contributed by atoms with E-state index < -0.39 is 30.8 Å². The van der Waals surface area contributed by atoms with Crippen molar-refractivity contribution in [2.75, 3.05) is 19.0 Å². The van der Waals surface area contributed by atoms with Crippen LogP contribution in [0.25, 0.3) is 0 Å². The van der Waals surface area contributed by atoms with E-state index >= 15 is 0 Å². The number of hydrogen-bond donors (Lipinski definition) is 2. The molecule has 9 heteroatoms. The number of benzene rings is 1. The van der Waals surface area contributed by atoms with Crippen molar-refractivity contribution in [1.29, 1.82) is 0 Å². The lowest BCUT2D eigenvalue weighted by Crippen LogP contribution is -2.37. The summed E-state index contributed by atoms with van der Waals surface area (Å²) in [5.41, 5.74) is 0.662. The Kier molecular flexibility index (Phi) is 6.87. The van der Waals surface area contributed by atoms with Crippen LogP contribution >= 0.6 is 0 Å². The first kappa shape index (κ1) is 19.6. The van der Waals surface area contributed by atoms with Crippen molar-refractivity contribution in [3.05, 3.63) is 23.8 Å². The van der Waals surface area contributed by atoms with Crippen LogP contribution in [0.5, 0.6) is 5.75 Å². The summed E-state index contributed by atoms with van der Waals surface area (Å²) in [6.07, 6.45) is -4.45. The lowest BCUT2D eigenvalue weighted by Gasteiger charge is -2.16. The van der Waals surface area contributed by atoms with Crippen molar-refractivity contribution in [3.8, 4) is 5.75 Å². The van der Waals surface area contributed by atoms with E-state index in [1.54, 1.807) is 6.92 Å². The summed E-state index contributed by atoms with van der Waals surface area (Å²) in [6, 6.07) is 3.31. The second-order valence-electron chi connectivity index (χ2n) is 5.11. The van der Waals surface area contributed by atoms with Gasteiger partial charge >= 0.3 is 18.2 Å². The Morgan fingerprint density at radius 3 is 2.54 bits per heavy atom. The quantitative estimate of drug-likeness (QED) is 0.775. The number of carbonyl (C=O) groups is 2. The highest BCUT2D eigenvalue weighted by Crippen LogP contribution is 2.27. The van der Waals surface area contributed by atoms with Crippen LogP contribution in [0.1, 0.15) is 18.9 Å². The Balaban J connectivity index is 2.67. The van der Waals surface area contributed by atoms with Gasteiger partial charge in [-0.3, -0.25) is 4.79 Å². The van der Waals surface area contributed by atoms with Crippen molar-refractivity contribution >= 4 is 17.7 Å². The van der Waals surface area contributed by atoms with Gasteiger partial charge < -0.3 is 20.1 Å². The van der Waals surface area contributed by atoms with Gasteiger partial charge in [0.1, 0.15) is 5.75 Å². The summed E-state index contributed by atoms with van der Waals surface area (Å²) in [7, 11) is 1.24. The fraction of sp³-hybridized carbons (Fsp3) is 0.467. The van der Waals surface area contributed by atoms with Gasteiger partial charge in [-0.2, -0.15) is 13.2 Å². The van der Waals surface area contributed by atoms with E-state index in [1.807, 2.05) is 0 Å². The molecule has 0 unspecified atom stereocenters. The third kappa shape index (κ3) is 6.76. The van der Waals surface area contributed by atoms with E-state index in [2.05, 4.69) is 15.4 Å². The molecule has 0 aliphatic carbocycles. The molecule has 0 aliphatic heterocycles. The number of anilines is 1. The Morgan fingerprint density at radius 1 is 1.29 bits per heavy atom. The molecule has 6 nitrogen and oxygen atoms in total. The van der Waals surface area contributed by atoms with Gasteiger partial charge in [-0.25, -0.2) is 4.79 Å². The predicted molar refractivity (Wildman–Crippen MR) is 81.0 cm³/mol. The summed E-state index contributed by atoms with van der Waals surface area (Å²) in [5.74, 6) is -0.450. The number of esters is 1. The van der Waals surface area contributed by atoms with Gasteiger partial charge in [-0.05, 0) is 26.0 Å². The lowest BCUT2D eigenvalue weighted by atomic mass is 10.2. The van der Waals surface area contributed by atoms with Crippen molar-refractivity contribution in [2.24, 2.45) is 0 Å². The lowest BCUT2D eigenvalue weighted by molar-refractivity contribution is -0.153. The van der Waals surface area contributed by atoms with Crippen LogP contribution in [0.2, 0.25) is 0 Å². The zero-order valence-corrected chi connectivity index (χ0v) is 13.5. The summed E-state index contributed by atoms with van der Waals surface area (Å²) < 4.78 is 45.9. The van der Waals surface area contributed by atoms with Gasteiger partial charge in [-0.1, -0.05) is 6.07 Å². The van der Waals surface area contributed by atoms with Crippen LogP contribution in [0.3, 0.4) is 0 Å². The maximum atomic E-state index is 12.2. The van der Waals surface area contributed by atoms with Crippen molar-refractivity contribution in [2.45, 2.75) is 32.5 Å². The van der Waals surface area contributed by atoms with Crippen LogP contribution in [-0.4, -0.2) is 37.9 Å². The molecule has 0 bridgehead atoms. The molecule has 0 radical (unpaired) electrons. The Bertz CT molecular complexity index is 591. The van der Waals surface area contributed by atoms with E-state index in [9.17, 15) is 22.8 Å². The van der Waals surface area contributed by atoms with Crippen LogP contribution in [-0.2, 0) is 9.53 Å². The summed E-state index contributed by atoms with van der Waals surface area (Å²) >= 11 is 0. The molecule has 1 rings (SSSR count). The molecular formula is C15H19F3N2O4. The molecule has 1 aromatic rings. The number of carbonyl (C=O) groups excluding carboxylic acids is 2. The first-order chi connectivity index (χ1) is 11.1. The zero-order chi connectivity index (χ0) is 18.3. The zero-order valence-electron chi connectivity index (χ0n) is 13.5. The molecule has 0 heterocycles. The molecule has 24 heavy (non-hydrogen) atoms. The second-order valence-corrected chi connectivity index (χ2v) is 5.11. The monoisotopic (exact) mass is 348 g/mol. The second kappa shape index (κ2) is 8.42. The van der Waals surface area contributed by atoms with Crippen molar-refractivity contribution in [3.63, 3.8) is 0 Å². The average Bonchev–Trinajstić information content (AvgIpc) is 2.46. The highest BCUT2D eigenvalue weighted by molar-refractivity contribution is 5.91. The molecule has 0 saturated heterocycles. The molecule has 1 atom stereocenters. The number of halogens is 3. The summed E-state index contributed by atoms with van der Waals surface area (Å²) in [5, 5.41) is 5.03. The van der Waals surface area contributed by atoms with Gasteiger partial charge in [0, 0.05) is 17.3 Å². The molecule has 1 aromatic carbocycles. The SMILES string of the molecule is COC(=O)C[C@H](C)NC(=O)Nc1cccc(OCC(F)(F)F)c1C. The number of ether oxygens (including phenoxy) is 2. The predicted octanol–water partition coefficient (Wildman–Crippen LogP) is 3.01. The minimum atomic E-state index is -4.45. The van der Waals surface area contributed by atoms with Crippen LogP contribution < -0.4 is 15.4 Å². The first-order valence-electron chi connectivity index (χ1n) is 7.06. The highest BCUT2D eigenvalue weighted by atomic mass is 19.4. The van der Waals surface area contributed by atoms with Crippen LogP contribution in [0, 0.1) is 6.92 Å². The first-order valence-corrected chi connectivity index (χ1v) is 7.06. The maximum Gasteiger partial charge on any atom is 0.422 e. The number of amides is 2. The Morgan fingerprint density at radius 2 is 1.96 bits per heavy atom. The molecular weight excluding hydrogens is 329 g/mol. The summed E-state index contributed by atoms with van der Waals surface area (Å²) in [4.78, 5) is 23.0. The number of hydrogen-bond acceptors (Lipinski definition) is 4. The van der Waals surface area contributed by atoms with Gasteiger partial charge in [0.05, 0.1) is 13.5 Å². The van der Waals surface area contributed by atoms with Crippen molar-refractivity contribution in [1.82, 2.24) is 5.32 Å². The maximum absolute atomic E-state index is 12.2. The van der Waals surface area contributed by atoms with Crippen LogP contribution in [0.15, 0.2) is 18.2 Å². The van der Waals surface area contributed by atoms with E-state index in [0.717, 1.165) is 0 Å². The highest BCUT2D eigenvalue weighted by Gasteiger charge is 2.28. The van der Waals surface area contributed by atoms with Gasteiger partial charge in [-0.15, -0.1) is 0 Å². The topological polar surface area (TPSA) is 76.7 Å². The Hall–Kier alpha value is -2.45. The van der Waals surface area contributed by atoms with Gasteiger partial charge in [0.15, 0.2) is 6.61 Å². The fourth-order valence-electron chi connectivity index (χ4n) is 1.83. The number of methoxy groups -OCH3 is 1. The molecule has 2 amide bonds. The number of rotatable bonds is 6. The molecule has 2 N–H and O–H groups in total. The third-order valence-electron chi connectivity index (χ3n) is 3.00. The minimum Gasteiger partial charge on any atom is -0.484 e. The molecule has 134 valence electrons. The number of alkyl halides is 3. The number of urea groups is 1. The number of nitrogens with one attached hydrogen (secondary N) is 2. The summed E-state index contributed by atoms with van der Waals surface area (Å²) in [6.45, 7) is 1.73. The molecule has 0 aromatic heterocycles. The normalized spacial score (nSPS) is 12.2. The van der Waals surface area contributed by atoms with E-state index in [0.29, 0.717) is 11.3 Å². The Labute approximate surface area is 137 Å². The largest absolute Gasteiger partial charge is 0.484 e. The van der Waals surface area contributed by atoms with E-state index in [1.165, 1.54) is 32.2 Å². The van der Waals surface area contributed by atoms with Crippen molar-refractivity contribution < 1.29 is 32.2 Å². The van der Waals surface area contributed by atoms with E-state index in [4.69, 9.17) is 4.74 Å². The van der Waals surface area contributed by atoms with Gasteiger partial charge in [0.2, 0.25) is 0 Å². The average molecular weight is 348 g/mol. The smallest absolute Gasteiger partial charge is 0.422 e. The fourth-order valence-corrected chi connectivity index (χ4v) is 1.83. The molecule has 0 spiro atoms. The third-order valence-corrected chi connectivity index (χ3v) is 3.00. The minimum absolute atomic E-state index is 0.00235. The van der Waals surface area contributed by atoms with Gasteiger partial charge in [0.25, 0.3) is 0 Å². The molecule has 0 aliphatic rings. The van der Waals surface area contributed by atoms with E-state index in [-0.39, 0.29) is 12.2 Å². The molecule has 0 saturated carbocycles. The molecule has 0 fully saturated rings. The van der Waals surface area contributed by atoms with Crippen LogP contribution in [0.4, 0.5) is 23.7 Å². The standard InChI is InChI=1S/C15H19F3N2O4/c1-9(7-13(21)23-3)19-14(22)20-11-5-4-6-12(10(11)2)24-8-15(16,17)18/h4-6,9H,7-8H2,1-3H3,(H2,19,20,22)/t9-/m0/s1.